The number of imidazole rings is 1. The molecular weight excluding hydrogens is 470 g/mol. The minimum absolute atomic E-state index is 0.0198. The summed E-state index contributed by atoms with van der Waals surface area (Å²) in [5, 5.41) is 9.50. The molecule has 2 atom stereocenters. The molecule has 1 aliphatic carbocycles. The monoisotopic (exact) mass is 493 g/mol. The SMILES string of the molecule is CN1CC[C@@H](Nc2cccn3c(C(F)=C(F)F)c(-c4noc(CNC(=O)C5CC5)n4)nc23)[C@@H](F)C1. The number of hydrogen-bond acceptors (Lipinski definition) is 7. The molecule has 1 saturated heterocycles. The number of anilines is 1. The number of piperidine rings is 1. The van der Waals surface area contributed by atoms with Crippen LogP contribution in [0, 0.1) is 5.92 Å². The molecule has 0 unspecified atom stereocenters. The maximum Gasteiger partial charge on any atom is 0.307 e. The van der Waals surface area contributed by atoms with Crippen molar-refractivity contribution in [2.24, 2.45) is 5.92 Å². The zero-order chi connectivity index (χ0) is 24.7. The fourth-order valence-corrected chi connectivity index (χ4v) is 4.13. The van der Waals surface area contributed by atoms with Crippen LogP contribution in [0.2, 0.25) is 0 Å². The van der Waals surface area contributed by atoms with Gasteiger partial charge in [-0.3, -0.25) is 9.20 Å². The van der Waals surface area contributed by atoms with Crippen LogP contribution in [-0.2, 0) is 11.3 Å². The summed E-state index contributed by atoms with van der Waals surface area (Å²) < 4.78 is 62.2. The van der Waals surface area contributed by atoms with E-state index in [-0.39, 0.29) is 48.0 Å². The smallest absolute Gasteiger partial charge is 0.307 e. The molecule has 35 heavy (non-hydrogen) atoms. The molecule has 186 valence electrons. The van der Waals surface area contributed by atoms with Gasteiger partial charge >= 0.3 is 6.08 Å². The van der Waals surface area contributed by atoms with Crippen LogP contribution in [-0.4, -0.2) is 62.7 Å². The van der Waals surface area contributed by atoms with Gasteiger partial charge in [0.25, 0.3) is 0 Å². The van der Waals surface area contributed by atoms with Crippen molar-refractivity contribution in [1.29, 1.82) is 0 Å². The third-order valence-electron chi connectivity index (χ3n) is 6.15. The number of carbonyl (C=O) groups is 1. The highest BCUT2D eigenvalue weighted by Gasteiger charge is 2.31. The summed E-state index contributed by atoms with van der Waals surface area (Å²) >= 11 is 0. The van der Waals surface area contributed by atoms with Gasteiger partial charge in [0.15, 0.2) is 5.65 Å². The Labute approximate surface area is 197 Å². The van der Waals surface area contributed by atoms with Gasteiger partial charge in [-0.1, -0.05) is 5.16 Å². The number of carbonyl (C=O) groups excluding carboxylic acids is 1. The molecule has 13 heteroatoms. The Balaban J connectivity index is 1.50. The molecule has 0 radical (unpaired) electrons. The lowest BCUT2D eigenvalue weighted by molar-refractivity contribution is -0.122. The van der Waals surface area contributed by atoms with Crippen molar-refractivity contribution in [3.05, 3.63) is 36.0 Å². The van der Waals surface area contributed by atoms with E-state index in [2.05, 4.69) is 25.8 Å². The van der Waals surface area contributed by atoms with E-state index < -0.39 is 29.8 Å². The van der Waals surface area contributed by atoms with E-state index in [0.717, 1.165) is 17.2 Å². The molecule has 1 aliphatic heterocycles. The van der Waals surface area contributed by atoms with Gasteiger partial charge in [-0.25, -0.2) is 9.37 Å². The number of pyridine rings is 1. The summed E-state index contributed by atoms with van der Waals surface area (Å²) in [6.07, 6.45) is -0.161. The first-order valence-electron chi connectivity index (χ1n) is 11.2. The van der Waals surface area contributed by atoms with Crippen LogP contribution in [0.3, 0.4) is 0 Å². The first kappa shape index (κ1) is 23.3. The average Bonchev–Trinajstić information content (AvgIpc) is 3.45. The number of alkyl halides is 1. The van der Waals surface area contributed by atoms with Crippen LogP contribution in [0.5, 0.6) is 0 Å². The maximum absolute atomic E-state index is 14.7. The van der Waals surface area contributed by atoms with Gasteiger partial charge in [-0.15, -0.1) is 0 Å². The first-order valence-corrected chi connectivity index (χ1v) is 11.2. The van der Waals surface area contributed by atoms with Gasteiger partial charge < -0.3 is 20.1 Å². The van der Waals surface area contributed by atoms with Crippen molar-refractivity contribution in [3.8, 4) is 11.5 Å². The first-order chi connectivity index (χ1) is 16.8. The number of amides is 1. The lowest BCUT2D eigenvalue weighted by Crippen LogP contribution is -2.46. The van der Waals surface area contributed by atoms with E-state index in [1.807, 2.05) is 11.9 Å². The number of aromatic nitrogens is 4. The summed E-state index contributed by atoms with van der Waals surface area (Å²) in [4.78, 5) is 22.2. The van der Waals surface area contributed by atoms with Gasteiger partial charge in [0.1, 0.15) is 17.6 Å². The molecule has 2 aliphatic rings. The minimum atomic E-state index is -2.54. The second kappa shape index (κ2) is 9.29. The predicted molar refractivity (Wildman–Crippen MR) is 118 cm³/mol. The molecule has 3 aromatic rings. The zero-order valence-electron chi connectivity index (χ0n) is 18.8. The summed E-state index contributed by atoms with van der Waals surface area (Å²) in [5.74, 6) is -2.15. The van der Waals surface area contributed by atoms with Crippen LogP contribution in [0.25, 0.3) is 23.0 Å². The van der Waals surface area contributed by atoms with Gasteiger partial charge in [0.2, 0.25) is 23.4 Å². The molecule has 9 nitrogen and oxygen atoms in total. The summed E-state index contributed by atoms with van der Waals surface area (Å²) in [6, 6.07) is 2.61. The Morgan fingerprint density at radius 2 is 2.03 bits per heavy atom. The van der Waals surface area contributed by atoms with E-state index in [1.165, 1.54) is 12.3 Å². The zero-order valence-corrected chi connectivity index (χ0v) is 18.8. The number of nitrogens with one attached hydrogen (secondary N) is 2. The standard InChI is InChI=1S/C22H23F4N7O2/c1-32-8-6-13(12(23)10-32)28-14-3-2-7-33-18(16(24)19(25)26)17(30-21(14)33)20-29-15(35-31-20)9-27-22(34)11-4-5-11/h2-3,7,11-13,28H,4-6,8-10H2,1H3,(H,27,34)/t12-,13+/m0/s1. The van der Waals surface area contributed by atoms with Crippen molar-refractivity contribution < 1.29 is 26.9 Å². The summed E-state index contributed by atoms with van der Waals surface area (Å²) in [7, 11) is 1.83. The Kier molecular flexibility index (Phi) is 6.17. The highest BCUT2D eigenvalue weighted by molar-refractivity contribution is 5.81. The van der Waals surface area contributed by atoms with Gasteiger partial charge in [0.05, 0.1) is 18.3 Å². The van der Waals surface area contributed by atoms with Crippen LogP contribution in [0.15, 0.2) is 28.9 Å². The normalized spacial score (nSPS) is 20.7. The van der Waals surface area contributed by atoms with Crippen molar-refractivity contribution >= 4 is 23.1 Å². The molecular formula is C22H23F4N7O2. The summed E-state index contributed by atoms with van der Waals surface area (Å²) in [5.41, 5.74) is -0.371. The van der Waals surface area contributed by atoms with Crippen LogP contribution < -0.4 is 10.6 Å². The molecule has 5 rings (SSSR count). The van der Waals surface area contributed by atoms with Gasteiger partial charge in [-0.2, -0.15) is 18.2 Å². The lowest BCUT2D eigenvalue weighted by atomic mass is 10.0. The van der Waals surface area contributed by atoms with E-state index in [0.29, 0.717) is 18.7 Å². The molecule has 0 bridgehead atoms. The molecule has 1 amide bonds. The van der Waals surface area contributed by atoms with Crippen molar-refractivity contribution in [1.82, 2.24) is 29.7 Å². The highest BCUT2D eigenvalue weighted by atomic mass is 19.3. The fourth-order valence-electron chi connectivity index (χ4n) is 4.13. The molecule has 4 heterocycles. The average molecular weight is 493 g/mol. The topological polar surface area (TPSA) is 101 Å². The van der Waals surface area contributed by atoms with Crippen molar-refractivity contribution in [2.45, 2.75) is 38.0 Å². The van der Waals surface area contributed by atoms with Crippen LogP contribution in [0.1, 0.15) is 30.8 Å². The fraction of sp³-hybridized carbons (Fsp3) is 0.455. The Morgan fingerprint density at radius 1 is 1.23 bits per heavy atom. The summed E-state index contributed by atoms with van der Waals surface area (Å²) in [6.45, 7) is 0.875. The van der Waals surface area contributed by atoms with Gasteiger partial charge in [-0.05, 0) is 38.4 Å². The molecule has 0 aromatic carbocycles. The van der Waals surface area contributed by atoms with E-state index in [9.17, 15) is 22.4 Å². The molecule has 2 fully saturated rings. The number of nitrogens with zero attached hydrogens (tertiary/aromatic N) is 5. The van der Waals surface area contributed by atoms with E-state index >= 15 is 0 Å². The molecule has 2 N–H and O–H groups in total. The molecule has 0 spiro atoms. The minimum Gasteiger partial charge on any atom is -0.376 e. The Hall–Kier alpha value is -3.48. The number of halogens is 4. The molecule has 3 aromatic heterocycles. The highest BCUT2D eigenvalue weighted by Crippen LogP contribution is 2.34. The number of rotatable bonds is 7. The maximum atomic E-state index is 14.7. The van der Waals surface area contributed by atoms with E-state index in [4.69, 9.17) is 4.52 Å². The number of fused-ring (bicyclic) bond motifs is 1. The van der Waals surface area contributed by atoms with Crippen molar-refractivity contribution in [3.63, 3.8) is 0 Å². The lowest BCUT2D eigenvalue weighted by Gasteiger charge is -2.33. The second-order valence-corrected chi connectivity index (χ2v) is 8.82. The Bertz CT molecular complexity index is 1280. The predicted octanol–water partition coefficient (Wildman–Crippen LogP) is 3.40. The van der Waals surface area contributed by atoms with Crippen LogP contribution in [0.4, 0.5) is 23.2 Å². The van der Waals surface area contributed by atoms with Crippen LogP contribution >= 0.6 is 0 Å². The third-order valence-corrected chi connectivity index (χ3v) is 6.15. The quantitative estimate of drug-likeness (QED) is 0.487. The number of hydrogen-bond donors (Lipinski definition) is 2. The van der Waals surface area contributed by atoms with Gasteiger partial charge in [0, 0.05) is 25.2 Å². The largest absolute Gasteiger partial charge is 0.376 e. The third kappa shape index (κ3) is 4.72. The number of likely N-dealkylation sites (tertiary alicyclic amines) is 1. The van der Waals surface area contributed by atoms with E-state index in [1.54, 1.807) is 6.07 Å². The molecule has 1 saturated carbocycles. The Morgan fingerprint density at radius 3 is 2.74 bits per heavy atom. The van der Waals surface area contributed by atoms with Crippen molar-refractivity contribution in [2.75, 3.05) is 25.5 Å². The second-order valence-electron chi connectivity index (χ2n) is 8.82.